The molecule has 58 heavy (non-hydrogen) atoms. The predicted octanol–water partition coefficient (Wildman–Crippen LogP) is 14.8. The molecule has 12 rings (SSSR count). The average Bonchev–Trinajstić information content (AvgIpc) is 3.76. The van der Waals surface area contributed by atoms with E-state index < -0.39 is 0 Å². The number of hydrogen-bond acceptors (Lipinski definition) is 3. The molecule has 2 aromatic heterocycles. The van der Waals surface area contributed by atoms with Crippen LogP contribution in [0.15, 0.2) is 186 Å². The lowest BCUT2D eigenvalue weighted by atomic mass is 9.81. The highest BCUT2D eigenvalue weighted by molar-refractivity contribution is 6.19. The Labute approximate surface area is 335 Å². The van der Waals surface area contributed by atoms with Gasteiger partial charge in [-0.3, -0.25) is 0 Å². The second-order valence-corrected chi connectivity index (χ2v) is 16.1. The van der Waals surface area contributed by atoms with Crippen molar-refractivity contribution in [2.24, 2.45) is 0 Å². The van der Waals surface area contributed by atoms with Crippen LogP contribution < -0.4 is 0 Å². The van der Waals surface area contributed by atoms with Gasteiger partial charge in [-0.1, -0.05) is 159 Å². The highest BCUT2D eigenvalue weighted by Gasteiger charge is 2.37. The van der Waals surface area contributed by atoms with E-state index >= 15 is 0 Å². The summed E-state index contributed by atoms with van der Waals surface area (Å²) in [7, 11) is 0. The van der Waals surface area contributed by atoms with Gasteiger partial charge in [0.1, 0.15) is 11.2 Å². The van der Waals surface area contributed by atoms with Crippen LogP contribution in [0.1, 0.15) is 25.0 Å². The Kier molecular flexibility index (Phi) is 6.98. The van der Waals surface area contributed by atoms with Crippen molar-refractivity contribution in [3.05, 3.63) is 193 Å². The zero-order chi connectivity index (χ0) is 38.5. The third kappa shape index (κ3) is 4.86. The molecule has 272 valence electrons. The summed E-state index contributed by atoms with van der Waals surface area (Å²) in [4.78, 5) is 10.7. The number of aromatic nitrogens is 2. The number of furan rings is 1. The Morgan fingerprint density at radius 3 is 1.86 bits per heavy atom. The normalized spacial score (nSPS) is 13.1. The predicted molar refractivity (Wildman–Crippen MR) is 241 cm³/mol. The zero-order valence-electron chi connectivity index (χ0n) is 32.1. The van der Waals surface area contributed by atoms with Gasteiger partial charge >= 0.3 is 0 Å². The first-order valence-electron chi connectivity index (χ1n) is 20.0. The fraction of sp³-hybridized carbons (Fsp3) is 0.0545. The van der Waals surface area contributed by atoms with E-state index in [0.29, 0.717) is 5.82 Å². The quantitative estimate of drug-likeness (QED) is 0.180. The number of nitrogens with zero attached hydrogens (tertiary/aromatic N) is 2. The molecule has 0 atom stereocenters. The lowest BCUT2D eigenvalue weighted by molar-refractivity contribution is 0.661. The Morgan fingerprint density at radius 1 is 0.397 bits per heavy atom. The lowest BCUT2D eigenvalue weighted by Gasteiger charge is -2.22. The molecule has 9 aromatic carbocycles. The van der Waals surface area contributed by atoms with Crippen molar-refractivity contribution in [3.8, 4) is 56.2 Å². The van der Waals surface area contributed by atoms with Crippen LogP contribution in [-0.4, -0.2) is 9.97 Å². The van der Waals surface area contributed by atoms with Crippen molar-refractivity contribution in [1.29, 1.82) is 0 Å². The molecule has 0 amide bonds. The Morgan fingerprint density at radius 2 is 1.05 bits per heavy atom. The van der Waals surface area contributed by atoms with Gasteiger partial charge in [0.25, 0.3) is 0 Å². The molecule has 2 heterocycles. The van der Waals surface area contributed by atoms with E-state index in [1.807, 2.05) is 6.07 Å². The van der Waals surface area contributed by atoms with E-state index in [9.17, 15) is 0 Å². The number of fused-ring (bicyclic) bond motifs is 10. The van der Waals surface area contributed by atoms with Crippen LogP contribution in [-0.2, 0) is 5.41 Å². The Balaban J connectivity index is 1.06. The SMILES string of the molecule is CC1(C)c2cc3ccccc3cc2-c2c(-c3cc(-c4ccc(-c5ccc6oc7ccc8ccccc8c7c6c5)c5ccccc45)nc(-c4ccccc4)n3)cccc21. The summed E-state index contributed by atoms with van der Waals surface area (Å²) in [5.74, 6) is 0.708. The van der Waals surface area contributed by atoms with Gasteiger partial charge in [0.2, 0.25) is 0 Å². The van der Waals surface area contributed by atoms with Crippen molar-refractivity contribution in [2.45, 2.75) is 19.3 Å². The summed E-state index contributed by atoms with van der Waals surface area (Å²) in [6.45, 7) is 4.69. The summed E-state index contributed by atoms with van der Waals surface area (Å²) in [5, 5.41) is 9.51. The number of benzene rings is 9. The van der Waals surface area contributed by atoms with Crippen LogP contribution in [0.5, 0.6) is 0 Å². The summed E-state index contributed by atoms with van der Waals surface area (Å²) >= 11 is 0. The molecule has 0 saturated heterocycles. The molecule has 0 spiro atoms. The van der Waals surface area contributed by atoms with Crippen LogP contribution in [0.2, 0.25) is 0 Å². The summed E-state index contributed by atoms with van der Waals surface area (Å²) in [5.41, 5.74) is 14.1. The van der Waals surface area contributed by atoms with Crippen molar-refractivity contribution < 1.29 is 4.42 Å². The van der Waals surface area contributed by atoms with Gasteiger partial charge < -0.3 is 4.42 Å². The molecule has 0 aliphatic heterocycles. The molecule has 0 radical (unpaired) electrons. The van der Waals surface area contributed by atoms with Gasteiger partial charge in [0, 0.05) is 32.9 Å². The summed E-state index contributed by atoms with van der Waals surface area (Å²) in [6.07, 6.45) is 0. The Hall–Kier alpha value is -7.36. The van der Waals surface area contributed by atoms with Gasteiger partial charge in [-0.15, -0.1) is 0 Å². The van der Waals surface area contributed by atoms with Gasteiger partial charge in [-0.05, 0) is 102 Å². The minimum atomic E-state index is -0.159. The lowest BCUT2D eigenvalue weighted by Crippen LogP contribution is -2.14. The monoisotopic (exact) mass is 740 g/mol. The van der Waals surface area contributed by atoms with Gasteiger partial charge in [0.05, 0.1) is 11.4 Å². The van der Waals surface area contributed by atoms with Crippen molar-refractivity contribution in [3.63, 3.8) is 0 Å². The van der Waals surface area contributed by atoms with E-state index in [0.717, 1.165) is 61.0 Å². The molecule has 3 heteroatoms. The van der Waals surface area contributed by atoms with Crippen LogP contribution in [0, 0.1) is 0 Å². The standard InChI is InChI=1S/C55H36N2O/c1-55(2)46-22-12-21-43(52(46)44-29-35-16-6-7-17-36(35)31-47(44)55)49-32-48(56-54(57-49)34-14-4-3-5-15-34)42-26-25-38(40-19-10-11-20-41(40)42)37-24-27-50-45(30-37)53-39-18-9-8-13-33(39)23-28-51(53)58-50/h3-32H,1-2H3. The minimum Gasteiger partial charge on any atom is -0.456 e. The van der Waals surface area contributed by atoms with E-state index in [-0.39, 0.29) is 5.41 Å². The summed E-state index contributed by atoms with van der Waals surface area (Å²) in [6, 6.07) is 65.3. The van der Waals surface area contributed by atoms with Crippen LogP contribution in [0.25, 0.3) is 110 Å². The molecule has 1 aliphatic rings. The van der Waals surface area contributed by atoms with E-state index in [1.165, 1.54) is 54.7 Å². The average molecular weight is 741 g/mol. The fourth-order valence-corrected chi connectivity index (χ4v) is 9.61. The van der Waals surface area contributed by atoms with Crippen LogP contribution in [0.4, 0.5) is 0 Å². The summed E-state index contributed by atoms with van der Waals surface area (Å²) < 4.78 is 6.37. The van der Waals surface area contributed by atoms with Crippen molar-refractivity contribution >= 4 is 54.3 Å². The molecule has 1 aliphatic carbocycles. The minimum absolute atomic E-state index is 0.159. The smallest absolute Gasteiger partial charge is 0.160 e. The maximum atomic E-state index is 6.37. The third-order valence-corrected chi connectivity index (χ3v) is 12.5. The molecule has 0 unspecified atom stereocenters. The van der Waals surface area contributed by atoms with E-state index in [1.54, 1.807) is 0 Å². The first kappa shape index (κ1) is 32.8. The molecule has 0 bridgehead atoms. The highest BCUT2D eigenvalue weighted by Crippen LogP contribution is 2.53. The molecular formula is C55H36N2O. The molecule has 11 aromatic rings. The van der Waals surface area contributed by atoms with E-state index in [2.05, 4.69) is 190 Å². The number of rotatable bonds is 4. The van der Waals surface area contributed by atoms with E-state index in [4.69, 9.17) is 14.4 Å². The third-order valence-electron chi connectivity index (χ3n) is 12.5. The molecule has 0 saturated carbocycles. The second kappa shape index (κ2) is 12.3. The molecule has 0 N–H and O–H groups in total. The Bertz CT molecular complexity index is 3480. The molecular weight excluding hydrogens is 705 g/mol. The highest BCUT2D eigenvalue weighted by atomic mass is 16.3. The first-order valence-corrected chi connectivity index (χ1v) is 20.0. The fourth-order valence-electron chi connectivity index (χ4n) is 9.61. The number of hydrogen-bond donors (Lipinski definition) is 0. The molecule has 3 nitrogen and oxygen atoms in total. The maximum Gasteiger partial charge on any atom is 0.160 e. The topological polar surface area (TPSA) is 38.9 Å². The maximum absolute atomic E-state index is 6.37. The van der Waals surface area contributed by atoms with Gasteiger partial charge in [0.15, 0.2) is 5.82 Å². The first-order chi connectivity index (χ1) is 28.5. The largest absolute Gasteiger partial charge is 0.456 e. The molecule has 0 fully saturated rings. The van der Waals surface area contributed by atoms with Crippen LogP contribution >= 0.6 is 0 Å². The second-order valence-electron chi connectivity index (χ2n) is 16.1. The van der Waals surface area contributed by atoms with Gasteiger partial charge in [-0.25, -0.2) is 9.97 Å². The zero-order valence-corrected chi connectivity index (χ0v) is 32.1. The van der Waals surface area contributed by atoms with Gasteiger partial charge in [-0.2, -0.15) is 0 Å². The van der Waals surface area contributed by atoms with Crippen molar-refractivity contribution in [2.75, 3.05) is 0 Å². The van der Waals surface area contributed by atoms with Crippen molar-refractivity contribution in [1.82, 2.24) is 9.97 Å². The van der Waals surface area contributed by atoms with Crippen LogP contribution in [0.3, 0.4) is 0 Å².